The Balaban J connectivity index is 1.66. The highest BCUT2D eigenvalue weighted by Gasteiger charge is 2.16. The van der Waals surface area contributed by atoms with E-state index in [1.807, 2.05) is 43.3 Å². The van der Waals surface area contributed by atoms with Gasteiger partial charge in [0, 0.05) is 0 Å². The highest BCUT2D eigenvalue weighted by atomic mass is 32.2. The van der Waals surface area contributed by atoms with Crippen LogP contribution in [-0.4, -0.2) is 23.4 Å². The fraction of sp³-hybridized carbons (Fsp3) is 0.100. The van der Waals surface area contributed by atoms with Crippen LogP contribution in [0, 0.1) is 6.92 Å². The highest BCUT2D eigenvalue weighted by Crippen LogP contribution is 2.22. The first-order valence-electron chi connectivity index (χ1n) is 8.48. The van der Waals surface area contributed by atoms with Crippen molar-refractivity contribution >= 4 is 26.7 Å². The van der Waals surface area contributed by atoms with Gasteiger partial charge in [0.25, 0.3) is 10.0 Å². The molecule has 0 spiro atoms. The first-order valence-corrected chi connectivity index (χ1v) is 9.97. The predicted molar refractivity (Wildman–Crippen MR) is 105 cm³/mol. The van der Waals surface area contributed by atoms with Crippen molar-refractivity contribution in [2.24, 2.45) is 0 Å². The van der Waals surface area contributed by atoms with Crippen LogP contribution in [-0.2, 0) is 16.6 Å². The lowest BCUT2D eigenvalue weighted by Gasteiger charge is -2.13. The second-order valence-corrected chi connectivity index (χ2v) is 7.99. The molecule has 136 valence electrons. The second-order valence-electron chi connectivity index (χ2n) is 6.31. The number of nitrogens with zero attached hydrogens (tertiary/aromatic N) is 3. The van der Waals surface area contributed by atoms with Gasteiger partial charge < -0.3 is 0 Å². The van der Waals surface area contributed by atoms with Crippen molar-refractivity contribution in [3.05, 3.63) is 83.9 Å². The number of para-hydroxylation sites is 2. The molecule has 7 heteroatoms. The van der Waals surface area contributed by atoms with Crippen LogP contribution in [0.1, 0.15) is 11.1 Å². The molecule has 0 saturated carbocycles. The molecule has 3 aromatic carbocycles. The minimum Gasteiger partial charge on any atom is -0.279 e. The molecule has 4 aromatic rings. The molecule has 0 bridgehead atoms. The third-order valence-electron chi connectivity index (χ3n) is 4.33. The molecule has 1 aromatic heterocycles. The lowest BCUT2D eigenvalue weighted by atomic mass is 10.2. The topological polar surface area (TPSA) is 76.9 Å². The van der Waals surface area contributed by atoms with Gasteiger partial charge >= 0.3 is 0 Å². The SMILES string of the molecule is Cc1ccc(S(=O)(=O)Nc2ccccc2Cn2nnc3ccccc32)cc1. The third-order valence-corrected chi connectivity index (χ3v) is 5.71. The number of fused-ring (bicyclic) bond motifs is 1. The molecule has 4 rings (SSSR count). The number of anilines is 1. The van der Waals surface area contributed by atoms with Crippen LogP contribution in [0.25, 0.3) is 11.0 Å². The standard InChI is InChI=1S/C20H18N4O2S/c1-15-10-12-17(13-11-15)27(25,26)22-18-7-3-2-6-16(18)14-24-20-9-5-4-8-19(20)21-23-24/h2-13,22H,14H2,1H3. The normalized spacial score (nSPS) is 11.6. The zero-order valence-electron chi connectivity index (χ0n) is 14.7. The van der Waals surface area contributed by atoms with Crippen molar-refractivity contribution in [1.29, 1.82) is 0 Å². The quantitative estimate of drug-likeness (QED) is 0.576. The maximum Gasteiger partial charge on any atom is 0.261 e. The minimum absolute atomic E-state index is 0.231. The highest BCUT2D eigenvalue weighted by molar-refractivity contribution is 7.92. The number of hydrogen-bond donors (Lipinski definition) is 1. The monoisotopic (exact) mass is 378 g/mol. The number of hydrogen-bond acceptors (Lipinski definition) is 4. The average molecular weight is 378 g/mol. The summed E-state index contributed by atoms with van der Waals surface area (Å²) in [6.45, 7) is 2.33. The number of aryl methyl sites for hydroxylation is 1. The van der Waals surface area contributed by atoms with Gasteiger partial charge in [0.15, 0.2) is 0 Å². The van der Waals surface area contributed by atoms with Crippen LogP contribution in [0.3, 0.4) is 0 Å². The Bertz CT molecular complexity index is 1200. The van der Waals surface area contributed by atoms with Crippen LogP contribution in [0.4, 0.5) is 5.69 Å². The maximum absolute atomic E-state index is 12.7. The van der Waals surface area contributed by atoms with Gasteiger partial charge in [-0.1, -0.05) is 53.2 Å². The zero-order valence-corrected chi connectivity index (χ0v) is 15.5. The molecule has 1 heterocycles. The molecule has 1 N–H and O–H groups in total. The molecule has 0 aliphatic carbocycles. The van der Waals surface area contributed by atoms with Gasteiger partial charge in [0.2, 0.25) is 0 Å². The molecule has 0 atom stereocenters. The summed E-state index contributed by atoms with van der Waals surface area (Å²) in [5.41, 5.74) is 4.04. The van der Waals surface area contributed by atoms with Crippen molar-refractivity contribution < 1.29 is 8.42 Å². The van der Waals surface area contributed by atoms with E-state index in [0.29, 0.717) is 12.2 Å². The van der Waals surface area contributed by atoms with Crippen molar-refractivity contribution in [2.45, 2.75) is 18.4 Å². The summed E-state index contributed by atoms with van der Waals surface area (Å²) in [5, 5.41) is 8.33. The molecule has 0 unspecified atom stereocenters. The molecule has 0 aliphatic heterocycles. The lowest BCUT2D eigenvalue weighted by Crippen LogP contribution is -2.15. The van der Waals surface area contributed by atoms with Gasteiger partial charge in [-0.05, 0) is 42.8 Å². The number of rotatable bonds is 5. The van der Waals surface area contributed by atoms with Crippen LogP contribution < -0.4 is 4.72 Å². The van der Waals surface area contributed by atoms with E-state index in [1.165, 1.54) is 0 Å². The fourth-order valence-electron chi connectivity index (χ4n) is 2.87. The molecule has 6 nitrogen and oxygen atoms in total. The third kappa shape index (κ3) is 3.54. The summed E-state index contributed by atoms with van der Waals surface area (Å²) in [6, 6.07) is 21.7. The van der Waals surface area contributed by atoms with Crippen molar-refractivity contribution in [2.75, 3.05) is 4.72 Å². The van der Waals surface area contributed by atoms with Gasteiger partial charge in [0.05, 0.1) is 22.6 Å². The van der Waals surface area contributed by atoms with Crippen molar-refractivity contribution in [1.82, 2.24) is 15.0 Å². The van der Waals surface area contributed by atoms with E-state index in [4.69, 9.17) is 0 Å². The molecule has 0 amide bonds. The van der Waals surface area contributed by atoms with E-state index in [2.05, 4.69) is 15.0 Å². The van der Waals surface area contributed by atoms with Crippen LogP contribution in [0.15, 0.2) is 77.7 Å². The van der Waals surface area contributed by atoms with E-state index in [9.17, 15) is 8.42 Å². The van der Waals surface area contributed by atoms with Crippen LogP contribution in [0.2, 0.25) is 0 Å². The van der Waals surface area contributed by atoms with E-state index in [-0.39, 0.29) is 4.90 Å². The molecular weight excluding hydrogens is 360 g/mol. The largest absolute Gasteiger partial charge is 0.279 e. The summed E-state index contributed by atoms with van der Waals surface area (Å²) in [5.74, 6) is 0. The summed E-state index contributed by atoms with van der Waals surface area (Å²) in [7, 11) is -3.67. The lowest BCUT2D eigenvalue weighted by molar-refractivity contribution is 0.601. The Labute approximate surface area is 157 Å². The van der Waals surface area contributed by atoms with Gasteiger partial charge in [0.1, 0.15) is 5.52 Å². The summed E-state index contributed by atoms with van der Waals surface area (Å²) < 4.78 is 29.9. The van der Waals surface area contributed by atoms with Crippen LogP contribution >= 0.6 is 0 Å². The molecule has 0 fully saturated rings. The summed E-state index contributed by atoms with van der Waals surface area (Å²) in [6.07, 6.45) is 0. The number of aromatic nitrogens is 3. The number of nitrogens with one attached hydrogen (secondary N) is 1. The fourth-order valence-corrected chi connectivity index (χ4v) is 3.98. The van der Waals surface area contributed by atoms with Crippen molar-refractivity contribution in [3.8, 4) is 0 Å². The Hall–Kier alpha value is -3.19. The Morgan fingerprint density at radius 2 is 1.63 bits per heavy atom. The first-order chi connectivity index (χ1) is 13.0. The Morgan fingerprint density at radius 1 is 0.926 bits per heavy atom. The summed E-state index contributed by atoms with van der Waals surface area (Å²) >= 11 is 0. The smallest absolute Gasteiger partial charge is 0.261 e. The Kier molecular flexibility index (Phi) is 4.37. The molecule has 0 aliphatic rings. The van der Waals surface area contributed by atoms with Gasteiger partial charge in [-0.3, -0.25) is 4.72 Å². The van der Waals surface area contributed by atoms with E-state index < -0.39 is 10.0 Å². The molecule has 27 heavy (non-hydrogen) atoms. The van der Waals surface area contributed by atoms with E-state index in [0.717, 1.165) is 22.2 Å². The Morgan fingerprint density at radius 3 is 2.44 bits per heavy atom. The van der Waals surface area contributed by atoms with Gasteiger partial charge in [-0.2, -0.15) is 0 Å². The van der Waals surface area contributed by atoms with E-state index >= 15 is 0 Å². The zero-order chi connectivity index (χ0) is 18.9. The first kappa shape index (κ1) is 17.2. The summed E-state index contributed by atoms with van der Waals surface area (Å²) in [4.78, 5) is 0.231. The van der Waals surface area contributed by atoms with Crippen LogP contribution in [0.5, 0.6) is 0 Å². The predicted octanol–water partition coefficient (Wildman–Crippen LogP) is 3.59. The number of sulfonamides is 1. The molecular formula is C20H18N4O2S. The van der Waals surface area contributed by atoms with Gasteiger partial charge in [-0.25, -0.2) is 13.1 Å². The average Bonchev–Trinajstić information content (AvgIpc) is 3.07. The maximum atomic E-state index is 12.7. The van der Waals surface area contributed by atoms with Crippen molar-refractivity contribution in [3.63, 3.8) is 0 Å². The molecule has 0 saturated heterocycles. The molecule has 0 radical (unpaired) electrons. The second kappa shape index (κ2) is 6.85. The number of benzene rings is 3. The van der Waals surface area contributed by atoms with E-state index in [1.54, 1.807) is 41.1 Å². The minimum atomic E-state index is -3.67. The van der Waals surface area contributed by atoms with Gasteiger partial charge in [-0.15, -0.1) is 5.10 Å².